The second-order valence-corrected chi connectivity index (χ2v) is 10.0. The minimum absolute atomic E-state index is 0.0518. The zero-order valence-corrected chi connectivity index (χ0v) is 18.3. The SMILES string of the molecule is CC(F)(F)c1ccc(CSC2CN(C(=O)N3CC[C@]4(C)OCC(=O)N[C@@H]4C3)C2)c(F)c1. The van der Waals surface area contributed by atoms with E-state index in [-0.39, 0.29) is 35.4 Å². The number of likely N-dealkylation sites (tertiary alicyclic amines) is 2. The topological polar surface area (TPSA) is 61.9 Å². The van der Waals surface area contributed by atoms with Crippen molar-refractivity contribution in [2.24, 2.45) is 0 Å². The van der Waals surface area contributed by atoms with Crippen LogP contribution in [0.3, 0.4) is 0 Å². The molecule has 0 aromatic heterocycles. The van der Waals surface area contributed by atoms with E-state index in [0.717, 1.165) is 13.0 Å². The van der Waals surface area contributed by atoms with Crippen molar-refractivity contribution >= 4 is 23.7 Å². The highest BCUT2D eigenvalue weighted by atomic mass is 32.2. The summed E-state index contributed by atoms with van der Waals surface area (Å²) < 4.78 is 46.5. The molecule has 1 aromatic carbocycles. The van der Waals surface area contributed by atoms with Gasteiger partial charge >= 0.3 is 6.03 Å². The summed E-state index contributed by atoms with van der Waals surface area (Å²) in [6.45, 7) is 4.84. The molecular weight excluding hydrogens is 431 g/mol. The first-order valence-corrected chi connectivity index (χ1v) is 11.4. The second kappa shape index (κ2) is 8.20. The molecule has 0 spiro atoms. The number of urea groups is 1. The van der Waals surface area contributed by atoms with Crippen LogP contribution in [0.5, 0.6) is 0 Å². The summed E-state index contributed by atoms with van der Waals surface area (Å²) in [4.78, 5) is 27.9. The Balaban J connectivity index is 1.25. The van der Waals surface area contributed by atoms with Gasteiger partial charge in [-0.3, -0.25) is 4.79 Å². The summed E-state index contributed by atoms with van der Waals surface area (Å²) in [7, 11) is 0. The van der Waals surface area contributed by atoms with E-state index in [0.29, 0.717) is 43.9 Å². The van der Waals surface area contributed by atoms with Gasteiger partial charge in [0.2, 0.25) is 5.91 Å². The molecule has 0 aliphatic carbocycles. The van der Waals surface area contributed by atoms with E-state index in [2.05, 4.69) is 5.32 Å². The van der Waals surface area contributed by atoms with E-state index in [1.165, 1.54) is 23.9 Å². The molecule has 4 rings (SSSR count). The summed E-state index contributed by atoms with van der Waals surface area (Å²) >= 11 is 1.51. The van der Waals surface area contributed by atoms with E-state index in [1.54, 1.807) is 9.80 Å². The molecule has 3 amide bonds. The third kappa shape index (κ3) is 4.64. The standard InChI is InChI=1S/C21H26F3N3O3S/c1-20-5-6-26(10-17(20)25-18(28)11-30-20)19(29)27-8-15(9-27)31-12-13-3-4-14(7-16(13)22)21(2,23)24/h3-4,7,15,17H,5-6,8-12H2,1-2H3,(H,25,28)/t17-,20+/m1/s1. The van der Waals surface area contributed by atoms with E-state index < -0.39 is 17.3 Å². The van der Waals surface area contributed by atoms with Crippen molar-refractivity contribution < 1.29 is 27.5 Å². The van der Waals surface area contributed by atoms with Gasteiger partial charge in [-0.15, -0.1) is 11.8 Å². The van der Waals surface area contributed by atoms with Gasteiger partial charge in [-0.05, 0) is 25.0 Å². The Kier molecular flexibility index (Phi) is 5.89. The lowest BCUT2D eigenvalue weighted by atomic mass is 9.87. The molecule has 1 aromatic rings. The number of nitrogens with one attached hydrogen (secondary N) is 1. The number of morpholine rings is 1. The largest absolute Gasteiger partial charge is 0.363 e. The highest BCUT2D eigenvalue weighted by Crippen LogP contribution is 2.33. The van der Waals surface area contributed by atoms with Crippen LogP contribution in [0.25, 0.3) is 0 Å². The van der Waals surface area contributed by atoms with Crippen molar-refractivity contribution in [3.8, 4) is 0 Å². The highest BCUT2D eigenvalue weighted by Gasteiger charge is 2.46. The van der Waals surface area contributed by atoms with Gasteiger partial charge in [0.15, 0.2) is 0 Å². The van der Waals surface area contributed by atoms with Crippen molar-refractivity contribution in [1.82, 2.24) is 15.1 Å². The predicted octanol–water partition coefficient (Wildman–Crippen LogP) is 2.95. The predicted molar refractivity (Wildman–Crippen MR) is 110 cm³/mol. The molecule has 3 saturated heterocycles. The number of halogens is 3. The Morgan fingerprint density at radius 1 is 1.32 bits per heavy atom. The number of ether oxygens (including phenoxy) is 1. The van der Waals surface area contributed by atoms with Gasteiger partial charge < -0.3 is 19.9 Å². The fourth-order valence-electron chi connectivity index (χ4n) is 4.09. The van der Waals surface area contributed by atoms with Crippen LogP contribution in [0, 0.1) is 5.82 Å². The quantitative estimate of drug-likeness (QED) is 0.755. The average Bonchev–Trinajstić information content (AvgIpc) is 2.67. The average molecular weight is 458 g/mol. The van der Waals surface area contributed by atoms with Crippen LogP contribution in [-0.2, 0) is 21.2 Å². The maximum atomic E-state index is 14.1. The molecule has 3 aliphatic rings. The molecule has 0 saturated carbocycles. The van der Waals surface area contributed by atoms with Crippen molar-refractivity contribution in [3.63, 3.8) is 0 Å². The fourth-order valence-corrected chi connectivity index (χ4v) is 5.31. The van der Waals surface area contributed by atoms with E-state index in [1.807, 2.05) is 6.92 Å². The zero-order valence-electron chi connectivity index (χ0n) is 17.5. The van der Waals surface area contributed by atoms with Crippen LogP contribution in [-0.4, -0.2) is 71.4 Å². The number of benzene rings is 1. The molecule has 3 aliphatic heterocycles. The summed E-state index contributed by atoms with van der Waals surface area (Å²) in [5, 5.41) is 3.09. The van der Waals surface area contributed by atoms with Gasteiger partial charge in [0, 0.05) is 49.7 Å². The fraction of sp³-hybridized carbons (Fsp3) is 0.619. The number of piperidine rings is 1. The first kappa shape index (κ1) is 22.3. The lowest BCUT2D eigenvalue weighted by Crippen LogP contribution is -2.68. The Labute approximate surface area is 183 Å². The maximum absolute atomic E-state index is 14.1. The van der Waals surface area contributed by atoms with Crippen molar-refractivity contribution in [1.29, 1.82) is 0 Å². The third-order valence-corrected chi connectivity index (χ3v) is 7.56. The summed E-state index contributed by atoms with van der Waals surface area (Å²) in [5.74, 6) is -3.51. The monoisotopic (exact) mass is 457 g/mol. The van der Waals surface area contributed by atoms with Crippen LogP contribution in [0.2, 0.25) is 0 Å². The summed E-state index contributed by atoms with van der Waals surface area (Å²) in [6, 6.07) is 3.26. The molecule has 0 bridgehead atoms. The van der Waals surface area contributed by atoms with Gasteiger partial charge in [0.05, 0.1) is 11.6 Å². The van der Waals surface area contributed by atoms with Gasteiger partial charge in [-0.25, -0.2) is 18.0 Å². The van der Waals surface area contributed by atoms with E-state index >= 15 is 0 Å². The van der Waals surface area contributed by atoms with Crippen LogP contribution in [0.1, 0.15) is 31.4 Å². The lowest BCUT2D eigenvalue weighted by molar-refractivity contribution is -0.156. The van der Waals surface area contributed by atoms with Gasteiger partial charge in [-0.1, -0.05) is 12.1 Å². The van der Waals surface area contributed by atoms with Gasteiger partial charge in [0.1, 0.15) is 12.4 Å². The first-order chi connectivity index (χ1) is 14.5. The molecular formula is C21H26F3N3O3S. The summed E-state index contributed by atoms with van der Waals surface area (Å²) in [6.07, 6.45) is 0.655. The molecule has 1 N–H and O–H groups in total. The maximum Gasteiger partial charge on any atom is 0.320 e. The number of carbonyl (C=O) groups excluding carboxylic acids is 2. The number of nitrogens with zero attached hydrogens (tertiary/aromatic N) is 2. The normalized spacial score (nSPS) is 26.9. The van der Waals surface area contributed by atoms with Crippen LogP contribution < -0.4 is 5.32 Å². The third-order valence-electron chi connectivity index (χ3n) is 6.31. The molecule has 170 valence electrons. The summed E-state index contributed by atoms with van der Waals surface area (Å²) in [5.41, 5.74) is -0.401. The van der Waals surface area contributed by atoms with E-state index in [4.69, 9.17) is 4.74 Å². The van der Waals surface area contributed by atoms with Gasteiger partial charge in [-0.2, -0.15) is 0 Å². The van der Waals surface area contributed by atoms with Crippen LogP contribution in [0.4, 0.5) is 18.0 Å². The van der Waals surface area contributed by atoms with Crippen molar-refractivity contribution in [2.75, 3.05) is 32.8 Å². The number of thioether (sulfide) groups is 1. The number of rotatable bonds is 4. The number of amides is 3. The number of fused-ring (bicyclic) bond motifs is 1. The minimum Gasteiger partial charge on any atom is -0.363 e. The molecule has 0 unspecified atom stereocenters. The number of hydrogen-bond donors (Lipinski definition) is 1. The van der Waals surface area contributed by atoms with Crippen LogP contribution >= 0.6 is 11.8 Å². The van der Waals surface area contributed by atoms with Crippen molar-refractivity contribution in [3.05, 3.63) is 35.1 Å². The second-order valence-electron chi connectivity index (χ2n) is 8.73. The zero-order chi connectivity index (χ0) is 22.4. The molecule has 31 heavy (non-hydrogen) atoms. The van der Waals surface area contributed by atoms with E-state index in [9.17, 15) is 22.8 Å². The number of carbonyl (C=O) groups is 2. The Hall–Kier alpha value is -1.94. The Bertz CT molecular complexity index is 875. The molecule has 3 heterocycles. The minimum atomic E-state index is -3.07. The molecule has 3 fully saturated rings. The van der Waals surface area contributed by atoms with Crippen LogP contribution in [0.15, 0.2) is 18.2 Å². The molecule has 2 atom stereocenters. The number of alkyl halides is 2. The molecule has 0 radical (unpaired) electrons. The highest BCUT2D eigenvalue weighted by molar-refractivity contribution is 7.99. The smallest absolute Gasteiger partial charge is 0.320 e. The first-order valence-electron chi connectivity index (χ1n) is 10.3. The Morgan fingerprint density at radius 3 is 2.74 bits per heavy atom. The Morgan fingerprint density at radius 2 is 2.06 bits per heavy atom. The van der Waals surface area contributed by atoms with Crippen molar-refractivity contribution in [2.45, 2.75) is 48.8 Å². The molecule has 10 heteroatoms. The van der Waals surface area contributed by atoms with Gasteiger partial charge in [0.25, 0.3) is 5.92 Å². The lowest BCUT2D eigenvalue weighted by Gasteiger charge is -2.50. The molecule has 6 nitrogen and oxygen atoms in total. The number of hydrogen-bond acceptors (Lipinski definition) is 4.